The molecule has 0 radical (unpaired) electrons. The minimum absolute atomic E-state index is 0.0751. The molecule has 0 aromatic rings. The maximum atomic E-state index is 12.2. The van der Waals surface area contributed by atoms with Crippen LogP contribution in [0.5, 0.6) is 0 Å². The molecule has 1 saturated heterocycles. The van der Waals surface area contributed by atoms with E-state index in [0.29, 0.717) is 19.3 Å². The predicted octanol–water partition coefficient (Wildman–Crippen LogP) is 6.64. The second-order valence-corrected chi connectivity index (χ2v) is 9.74. The molecular formula is C23H45NO3. The summed E-state index contributed by atoms with van der Waals surface area (Å²) < 4.78 is 5.73. The van der Waals surface area contributed by atoms with Crippen molar-refractivity contribution in [3.63, 3.8) is 0 Å². The lowest BCUT2D eigenvalue weighted by Crippen LogP contribution is -2.60. The van der Waals surface area contributed by atoms with Gasteiger partial charge in [-0.3, -0.25) is 4.79 Å². The molecule has 0 spiro atoms. The van der Waals surface area contributed by atoms with Crippen molar-refractivity contribution in [1.82, 2.24) is 5.06 Å². The van der Waals surface area contributed by atoms with E-state index >= 15 is 0 Å². The van der Waals surface area contributed by atoms with Crippen LogP contribution in [0, 0.1) is 0 Å². The van der Waals surface area contributed by atoms with Crippen molar-refractivity contribution in [2.45, 2.75) is 142 Å². The molecule has 0 saturated carbocycles. The molecule has 1 rings (SSSR count). The van der Waals surface area contributed by atoms with Gasteiger partial charge in [0.2, 0.25) is 0 Å². The van der Waals surface area contributed by atoms with E-state index in [2.05, 4.69) is 6.92 Å². The Balaban J connectivity index is 2.08. The first kappa shape index (κ1) is 24.4. The van der Waals surface area contributed by atoms with E-state index in [9.17, 15) is 10.0 Å². The van der Waals surface area contributed by atoms with E-state index in [1.807, 2.05) is 27.7 Å². The average Bonchev–Trinajstić information content (AvgIpc) is 2.57. The van der Waals surface area contributed by atoms with Gasteiger partial charge in [0.1, 0.15) is 6.10 Å². The summed E-state index contributed by atoms with van der Waals surface area (Å²) in [5.74, 6) is -0.0751. The number of hydrogen-bond acceptors (Lipinski definition) is 4. The maximum Gasteiger partial charge on any atom is 0.306 e. The Morgan fingerprint density at radius 1 is 0.852 bits per heavy atom. The van der Waals surface area contributed by atoms with E-state index < -0.39 is 0 Å². The minimum Gasteiger partial charge on any atom is -0.462 e. The number of hydroxylamine groups is 2. The average molecular weight is 384 g/mol. The molecule has 1 aliphatic heterocycles. The number of ether oxygens (including phenoxy) is 1. The van der Waals surface area contributed by atoms with Crippen LogP contribution < -0.4 is 0 Å². The second kappa shape index (κ2) is 12.1. The Hall–Kier alpha value is -0.610. The van der Waals surface area contributed by atoms with E-state index in [0.717, 1.165) is 12.8 Å². The van der Waals surface area contributed by atoms with Crippen LogP contribution in [0.2, 0.25) is 0 Å². The molecule has 4 nitrogen and oxygen atoms in total. The van der Waals surface area contributed by atoms with Crippen LogP contribution >= 0.6 is 0 Å². The molecule has 1 heterocycles. The smallest absolute Gasteiger partial charge is 0.306 e. The Bertz CT molecular complexity index is 402. The first-order valence-electron chi connectivity index (χ1n) is 11.4. The van der Waals surface area contributed by atoms with Crippen molar-refractivity contribution < 1.29 is 14.7 Å². The number of esters is 1. The highest BCUT2D eigenvalue weighted by molar-refractivity contribution is 5.69. The van der Waals surface area contributed by atoms with Crippen LogP contribution in [0.15, 0.2) is 0 Å². The van der Waals surface area contributed by atoms with E-state index in [1.165, 1.54) is 62.9 Å². The van der Waals surface area contributed by atoms with Gasteiger partial charge < -0.3 is 9.94 Å². The zero-order valence-corrected chi connectivity index (χ0v) is 18.7. The predicted molar refractivity (Wildman–Crippen MR) is 112 cm³/mol. The summed E-state index contributed by atoms with van der Waals surface area (Å²) in [6.07, 6.45) is 15.9. The Labute approximate surface area is 168 Å². The van der Waals surface area contributed by atoms with E-state index in [-0.39, 0.29) is 23.2 Å². The van der Waals surface area contributed by atoms with Gasteiger partial charge in [0.15, 0.2) is 0 Å². The molecule has 0 aromatic heterocycles. The summed E-state index contributed by atoms with van der Waals surface area (Å²) in [5, 5.41) is 11.8. The highest BCUT2D eigenvalue weighted by atomic mass is 16.5. The number of carbonyl (C=O) groups excluding carboxylic acids is 1. The standard InChI is InChI=1S/C23H45NO3/c1-6-7-8-9-10-11-12-13-14-15-16-17-21(25)27-20-18-22(2,3)24(26)23(4,5)19-20/h20,26H,6-19H2,1-5H3. The topological polar surface area (TPSA) is 49.8 Å². The summed E-state index contributed by atoms with van der Waals surface area (Å²) in [6.45, 7) is 10.3. The highest BCUT2D eigenvalue weighted by Crippen LogP contribution is 2.38. The number of piperidine rings is 1. The largest absolute Gasteiger partial charge is 0.462 e. The van der Waals surface area contributed by atoms with Crippen molar-refractivity contribution in [3.8, 4) is 0 Å². The number of nitrogens with zero attached hydrogens (tertiary/aromatic N) is 1. The minimum atomic E-state index is -0.372. The van der Waals surface area contributed by atoms with Gasteiger partial charge in [0.05, 0.1) is 0 Å². The molecule has 160 valence electrons. The molecular weight excluding hydrogens is 338 g/mol. The van der Waals surface area contributed by atoms with Gasteiger partial charge in [-0.1, -0.05) is 71.1 Å². The normalized spacial score (nSPS) is 19.9. The van der Waals surface area contributed by atoms with Gasteiger partial charge in [-0.25, -0.2) is 0 Å². The molecule has 0 amide bonds. The van der Waals surface area contributed by atoms with Crippen LogP contribution in [0.1, 0.15) is 125 Å². The van der Waals surface area contributed by atoms with Crippen LogP contribution in [0.4, 0.5) is 0 Å². The third-order valence-corrected chi connectivity index (χ3v) is 5.88. The van der Waals surface area contributed by atoms with Crippen LogP contribution in [-0.2, 0) is 9.53 Å². The van der Waals surface area contributed by atoms with Gasteiger partial charge in [0, 0.05) is 30.3 Å². The number of hydrogen-bond donors (Lipinski definition) is 1. The van der Waals surface area contributed by atoms with Crippen LogP contribution in [0.25, 0.3) is 0 Å². The van der Waals surface area contributed by atoms with Gasteiger partial charge in [-0.05, 0) is 34.1 Å². The van der Waals surface area contributed by atoms with Gasteiger partial charge in [-0.2, -0.15) is 5.06 Å². The third kappa shape index (κ3) is 9.43. The summed E-state index contributed by atoms with van der Waals surface area (Å²) >= 11 is 0. The fourth-order valence-corrected chi connectivity index (χ4v) is 4.44. The summed E-state index contributed by atoms with van der Waals surface area (Å²) in [7, 11) is 0. The first-order chi connectivity index (χ1) is 12.7. The second-order valence-electron chi connectivity index (χ2n) is 9.74. The zero-order valence-electron chi connectivity index (χ0n) is 18.7. The number of unbranched alkanes of at least 4 members (excludes halogenated alkanes) is 10. The van der Waals surface area contributed by atoms with Crippen molar-refractivity contribution in [3.05, 3.63) is 0 Å². The lowest BCUT2D eigenvalue weighted by molar-refractivity contribution is -0.259. The molecule has 0 atom stereocenters. The monoisotopic (exact) mass is 383 g/mol. The Kier molecular flexibility index (Phi) is 10.9. The molecule has 1 fully saturated rings. The molecule has 0 bridgehead atoms. The Morgan fingerprint density at radius 2 is 1.26 bits per heavy atom. The van der Waals surface area contributed by atoms with E-state index in [1.54, 1.807) is 0 Å². The highest BCUT2D eigenvalue weighted by Gasteiger charge is 2.46. The third-order valence-electron chi connectivity index (χ3n) is 5.88. The molecule has 1 N–H and O–H groups in total. The number of carbonyl (C=O) groups is 1. The van der Waals surface area contributed by atoms with Crippen LogP contribution in [0.3, 0.4) is 0 Å². The molecule has 27 heavy (non-hydrogen) atoms. The lowest BCUT2D eigenvalue weighted by Gasteiger charge is -2.50. The number of rotatable bonds is 13. The zero-order chi connectivity index (χ0) is 20.3. The lowest BCUT2D eigenvalue weighted by atomic mass is 9.80. The van der Waals surface area contributed by atoms with Gasteiger partial charge in [-0.15, -0.1) is 0 Å². The summed E-state index contributed by atoms with van der Waals surface area (Å²) in [4.78, 5) is 12.2. The van der Waals surface area contributed by atoms with Gasteiger partial charge >= 0.3 is 5.97 Å². The fourth-order valence-electron chi connectivity index (χ4n) is 4.44. The summed E-state index contributed by atoms with van der Waals surface area (Å²) in [5.41, 5.74) is -0.744. The quantitative estimate of drug-likeness (QED) is 0.286. The molecule has 0 aromatic carbocycles. The fraction of sp³-hybridized carbons (Fsp3) is 0.957. The maximum absolute atomic E-state index is 12.2. The Morgan fingerprint density at radius 3 is 1.70 bits per heavy atom. The van der Waals surface area contributed by atoms with Crippen LogP contribution in [-0.4, -0.2) is 33.4 Å². The van der Waals surface area contributed by atoms with Crippen molar-refractivity contribution in [1.29, 1.82) is 0 Å². The van der Waals surface area contributed by atoms with Crippen molar-refractivity contribution >= 4 is 5.97 Å². The summed E-state index contributed by atoms with van der Waals surface area (Å²) in [6, 6.07) is 0. The SMILES string of the molecule is CCCCCCCCCCCCCC(=O)OC1CC(C)(C)N(O)C(C)(C)C1. The molecule has 1 aliphatic rings. The van der Waals surface area contributed by atoms with Crippen molar-refractivity contribution in [2.75, 3.05) is 0 Å². The molecule has 0 unspecified atom stereocenters. The molecule has 0 aliphatic carbocycles. The van der Waals surface area contributed by atoms with Crippen molar-refractivity contribution in [2.24, 2.45) is 0 Å². The molecule has 4 heteroatoms. The van der Waals surface area contributed by atoms with Gasteiger partial charge in [0.25, 0.3) is 0 Å². The van der Waals surface area contributed by atoms with E-state index in [4.69, 9.17) is 4.74 Å². The first-order valence-corrected chi connectivity index (χ1v) is 11.4.